The number of carboxylic acid groups (broad SMARTS) is 1. The molecule has 0 unspecified atom stereocenters. The fourth-order valence-corrected chi connectivity index (χ4v) is 3.96. The quantitative estimate of drug-likeness (QED) is 0.784. The Morgan fingerprint density at radius 1 is 0.952 bits per heavy atom. The Hall–Kier alpha value is -1.06. The van der Waals surface area contributed by atoms with E-state index in [9.17, 15) is 9.59 Å². The fourth-order valence-electron chi connectivity index (χ4n) is 3.96. The molecule has 4 nitrogen and oxygen atoms in total. The molecule has 2 fully saturated rings. The number of aliphatic carboxylic acids is 1. The van der Waals surface area contributed by atoms with Gasteiger partial charge >= 0.3 is 11.9 Å². The number of carboxylic acids is 1. The average Bonchev–Trinajstić information content (AvgIpc) is 2.48. The highest BCUT2D eigenvalue weighted by molar-refractivity contribution is 5.70. The summed E-state index contributed by atoms with van der Waals surface area (Å²) in [5.41, 5.74) is 0. The Morgan fingerprint density at radius 3 is 1.95 bits per heavy atom. The lowest BCUT2D eigenvalue weighted by molar-refractivity contribution is -0.151. The van der Waals surface area contributed by atoms with E-state index in [4.69, 9.17) is 9.84 Å². The second kappa shape index (κ2) is 7.81. The summed E-state index contributed by atoms with van der Waals surface area (Å²) in [5.74, 6) is 0.601. The number of rotatable bonds is 5. The van der Waals surface area contributed by atoms with Crippen LogP contribution in [0.15, 0.2) is 0 Å². The van der Waals surface area contributed by atoms with Gasteiger partial charge in [-0.15, -0.1) is 0 Å². The van der Waals surface area contributed by atoms with Gasteiger partial charge in [-0.25, -0.2) is 0 Å². The Morgan fingerprint density at radius 2 is 1.48 bits per heavy atom. The van der Waals surface area contributed by atoms with Crippen molar-refractivity contribution in [3.8, 4) is 0 Å². The van der Waals surface area contributed by atoms with E-state index in [1.807, 2.05) is 6.92 Å². The van der Waals surface area contributed by atoms with Crippen LogP contribution in [0.4, 0.5) is 0 Å². The molecule has 2 aliphatic rings. The van der Waals surface area contributed by atoms with E-state index < -0.39 is 5.97 Å². The molecular weight excluding hydrogens is 268 g/mol. The largest absolute Gasteiger partial charge is 0.481 e. The molecule has 0 aliphatic heterocycles. The van der Waals surface area contributed by atoms with Crippen LogP contribution in [0, 0.1) is 17.8 Å². The molecule has 0 spiro atoms. The van der Waals surface area contributed by atoms with Gasteiger partial charge in [-0.2, -0.15) is 0 Å². The first-order valence-electron chi connectivity index (χ1n) is 8.52. The van der Waals surface area contributed by atoms with Crippen molar-refractivity contribution in [3.05, 3.63) is 0 Å². The lowest BCUT2D eigenvalue weighted by Gasteiger charge is -2.36. The third kappa shape index (κ3) is 4.72. The number of carbonyl (C=O) groups excluding carboxylic acids is 1. The van der Waals surface area contributed by atoms with Gasteiger partial charge in [0.2, 0.25) is 0 Å². The minimum atomic E-state index is -0.625. The van der Waals surface area contributed by atoms with Crippen LogP contribution in [-0.4, -0.2) is 23.1 Å². The van der Waals surface area contributed by atoms with Crippen LogP contribution in [0.1, 0.15) is 71.1 Å². The molecule has 0 bridgehead atoms. The van der Waals surface area contributed by atoms with Gasteiger partial charge in [-0.05, 0) is 69.6 Å². The van der Waals surface area contributed by atoms with Crippen molar-refractivity contribution in [2.45, 2.75) is 77.2 Å². The zero-order valence-electron chi connectivity index (χ0n) is 13.1. The van der Waals surface area contributed by atoms with E-state index in [0.29, 0.717) is 18.3 Å². The van der Waals surface area contributed by atoms with Crippen LogP contribution in [0.2, 0.25) is 0 Å². The van der Waals surface area contributed by atoms with Crippen LogP contribution >= 0.6 is 0 Å². The molecular formula is C17H28O4. The van der Waals surface area contributed by atoms with Crippen molar-refractivity contribution in [3.63, 3.8) is 0 Å². The second-order valence-electron chi connectivity index (χ2n) is 6.73. The molecule has 0 radical (unpaired) electrons. The Labute approximate surface area is 127 Å². The van der Waals surface area contributed by atoms with Gasteiger partial charge in [0.1, 0.15) is 6.10 Å². The molecule has 2 aliphatic carbocycles. The zero-order chi connectivity index (χ0) is 15.2. The molecule has 0 heterocycles. The molecule has 0 saturated heterocycles. The fraction of sp³-hybridized carbons (Fsp3) is 0.882. The van der Waals surface area contributed by atoms with Crippen molar-refractivity contribution in [1.29, 1.82) is 0 Å². The summed E-state index contributed by atoms with van der Waals surface area (Å²) < 4.78 is 5.50. The highest BCUT2D eigenvalue weighted by Crippen LogP contribution is 2.40. The van der Waals surface area contributed by atoms with E-state index in [2.05, 4.69) is 0 Å². The lowest BCUT2D eigenvalue weighted by Crippen LogP contribution is -2.30. The normalized spacial score (nSPS) is 33.4. The summed E-state index contributed by atoms with van der Waals surface area (Å²) in [6.45, 7) is 1.99. The van der Waals surface area contributed by atoms with E-state index in [1.165, 1.54) is 0 Å². The van der Waals surface area contributed by atoms with Gasteiger partial charge in [0.15, 0.2) is 0 Å². The lowest BCUT2D eigenvalue weighted by atomic mass is 9.70. The standard InChI is InChI=1S/C17H28O4/c1-2-3-16(18)21-15-10-8-13(9-11-15)12-4-6-14(7-5-12)17(19)20/h12-15H,2-11H2,1H3,(H,19,20). The first-order chi connectivity index (χ1) is 10.1. The van der Waals surface area contributed by atoms with Crippen LogP contribution in [0.5, 0.6) is 0 Å². The molecule has 0 atom stereocenters. The average molecular weight is 296 g/mol. The molecule has 0 aromatic heterocycles. The summed E-state index contributed by atoms with van der Waals surface area (Å²) in [5, 5.41) is 9.05. The first kappa shape index (κ1) is 16.3. The molecule has 120 valence electrons. The molecule has 0 aromatic carbocycles. The number of hydrogen-bond acceptors (Lipinski definition) is 3. The van der Waals surface area contributed by atoms with Crippen molar-refractivity contribution in [2.24, 2.45) is 17.8 Å². The zero-order valence-corrected chi connectivity index (χ0v) is 13.1. The molecule has 2 rings (SSSR count). The molecule has 21 heavy (non-hydrogen) atoms. The number of hydrogen-bond donors (Lipinski definition) is 1. The number of ether oxygens (including phenoxy) is 1. The van der Waals surface area contributed by atoms with E-state index in [-0.39, 0.29) is 18.0 Å². The van der Waals surface area contributed by atoms with Gasteiger partial charge < -0.3 is 9.84 Å². The van der Waals surface area contributed by atoms with E-state index in [1.54, 1.807) is 0 Å². The van der Waals surface area contributed by atoms with E-state index in [0.717, 1.165) is 57.8 Å². The monoisotopic (exact) mass is 296 g/mol. The van der Waals surface area contributed by atoms with Gasteiger partial charge in [0.25, 0.3) is 0 Å². The first-order valence-corrected chi connectivity index (χ1v) is 8.52. The topological polar surface area (TPSA) is 63.6 Å². The highest BCUT2D eigenvalue weighted by atomic mass is 16.5. The van der Waals surface area contributed by atoms with Crippen LogP contribution in [0.3, 0.4) is 0 Å². The summed E-state index contributed by atoms with van der Waals surface area (Å²) in [7, 11) is 0. The van der Waals surface area contributed by atoms with Crippen LogP contribution in [-0.2, 0) is 14.3 Å². The van der Waals surface area contributed by atoms with Crippen molar-refractivity contribution in [1.82, 2.24) is 0 Å². The van der Waals surface area contributed by atoms with Crippen molar-refractivity contribution in [2.75, 3.05) is 0 Å². The Balaban J connectivity index is 1.70. The van der Waals surface area contributed by atoms with Gasteiger partial charge in [0.05, 0.1) is 5.92 Å². The SMILES string of the molecule is CCCC(=O)OC1CCC(C2CCC(C(=O)O)CC2)CC1. The summed E-state index contributed by atoms with van der Waals surface area (Å²) >= 11 is 0. The molecule has 2 saturated carbocycles. The summed E-state index contributed by atoms with van der Waals surface area (Å²) in [4.78, 5) is 22.5. The summed E-state index contributed by atoms with van der Waals surface area (Å²) in [6.07, 6.45) is 9.52. The van der Waals surface area contributed by atoms with Crippen molar-refractivity contribution >= 4 is 11.9 Å². The summed E-state index contributed by atoms with van der Waals surface area (Å²) in [6, 6.07) is 0. The minimum Gasteiger partial charge on any atom is -0.481 e. The van der Waals surface area contributed by atoms with Crippen LogP contribution in [0.25, 0.3) is 0 Å². The third-order valence-electron chi connectivity index (χ3n) is 5.26. The molecule has 4 heteroatoms. The Kier molecular flexibility index (Phi) is 6.07. The third-order valence-corrected chi connectivity index (χ3v) is 5.26. The van der Waals surface area contributed by atoms with Crippen molar-refractivity contribution < 1.29 is 19.4 Å². The minimum absolute atomic E-state index is 0.0529. The molecule has 0 amide bonds. The molecule has 0 aromatic rings. The van der Waals surface area contributed by atoms with Crippen LogP contribution < -0.4 is 0 Å². The highest BCUT2D eigenvalue weighted by Gasteiger charge is 2.33. The predicted molar refractivity (Wildman–Crippen MR) is 79.8 cm³/mol. The van der Waals surface area contributed by atoms with Gasteiger partial charge in [-0.3, -0.25) is 9.59 Å². The smallest absolute Gasteiger partial charge is 0.306 e. The Bertz CT molecular complexity index is 350. The van der Waals surface area contributed by atoms with Gasteiger partial charge in [0, 0.05) is 6.42 Å². The predicted octanol–water partition coefficient (Wildman–Crippen LogP) is 3.78. The number of esters is 1. The molecule has 1 N–H and O–H groups in total. The maximum Gasteiger partial charge on any atom is 0.306 e. The number of carbonyl (C=O) groups is 2. The van der Waals surface area contributed by atoms with Gasteiger partial charge in [-0.1, -0.05) is 6.92 Å². The maximum absolute atomic E-state index is 11.5. The van der Waals surface area contributed by atoms with E-state index >= 15 is 0 Å². The maximum atomic E-state index is 11.5. The second-order valence-corrected chi connectivity index (χ2v) is 6.73.